The second kappa shape index (κ2) is 8.85. The van der Waals surface area contributed by atoms with Gasteiger partial charge in [0.1, 0.15) is 6.10 Å². The van der Waals surface area contributed by atoms with E-state index >= 15 is 0 Å². The number of para-hydroxylation sites is 1. The molecule has 0 unspecified atom stereocenters. The molecule has 2 aromatic heterocycles. The minimum atomic E-state index is -0.407. The molecule has 1 aromatic carbocycles. The Morgan fingerprint density at radius 1 is 1.29 bits per heavy atom. The van der Waals surface area contributed by atoms with Crippen molar-refractivity contribution in [3.05, 3.63) is 59.5 Å². The number of nitrogens with one attached hydrogen (secondary N) is 1. The van der Waals surface area contributed by atoms with Crippen molar-refractivity contribution in [1.29, 1.82) is 0 Å². The van der Waals surface area contributed by atoms with E-state index in [9.17, 15) is 9.59 Å². The molecule has 0 bridgehead atoms. The van der Waals surface area contributed by atoms with Gasteiger partial charge in [0.15, 0.2) is 0 Å². The molecule has 8 nitrogen and oxygen atoms in total. The van der Waals surface area contributed by atoms with Crippen molar-refractivity contribution in [1.82, 2.24) is 25.0 Å². The summed E-state index contributed by atoms with van der Waals surface area (Å²) in [7, 11) is 1.78. The SMILES string of the molecule is CC(C)CNC(=O)c1cc([C@H]2CN(C(=O)c3cnn(C)c3)CCO2)nc2ccccc12. The maximum absolute atomic E-state index is 12.9. The van der Waals surface area contributed by atoms with Crippen LogP contribution in [0.1, 0.15) is 46.4 Å². The predicted molar refractivity (Wildman–Crippen MR) is 117 cm³/mol. The molecule has 1 aliphatic rings. The number of amides is 2. The Hall–Kier alpha value is -3.26. The van der Waals surface area contributed by atoms with E-state index in [-0.39, 0.29) is 11.8 Å². The van der Waals surface area contributed by atoms with E-state index in [1.165, 1.54) is 0 Å². The van der Waals surface area contributed by atoms with Crippen molar-refractivity contribution in [3.8, 4) is 0 Å². The smallest absolute Gasteiger partial charge is 0.257 e. The molecule has 1 atom stereocenters. The van der Waals surface area contributed by atoms with Crippen molar-refractivity contribution >= 4 is 22.7 Å². The van der Waals surface area contributed by atoms with Gasteiger partial charge in [-0.1, -0.05) is 32.0 Å². The normalized spacial score (nSPS) is 16.6. The highest BCUT2D eigenvalue weighted by molar-refractivity contribution is 6.06. The number of hydrogen-bond acceptors (Lipinski definition) is 5. The number of aryl methyl sites for hydroxylation is 1. The van der Waals surface area contributed by atoms with E-state index in [2.05, 4.69) is 24.3 Å². The Morgan fingerprint density at radius 3 is 2.84 bits per heavy atom. The zero-order valence-electron chi connectivity index (χ0n) is 18.0. The molecule has 1 N–H and O–H groups in total. The van der Waals surface area contributed by atoms with Gasteiger partial charge in [0.05, 0.1) is 41.7 Å². The first-order valence-corrected chi connectivity index (χ1v) is 10.5. The fraction of sp³-hybridized carbons (Fsp3) is 0.391. The largest absolute Gasteiger partial charge is 0.368 e. The van der Waals surface area contributed by atoms with Crippen molar-refractivity contribution < 1.29 is 14.3 Å². The summed E-state index contributed by atoms with van der Waals surface area (Å²) in [5.74, 6) is 0.134. The van der Waals surface area contributed by atoms with Crippen LogP contribution in [0.5, 0.6) is 0 Å². The van der Waals surface area contributed by atoms with E-state index < -0.39 is 6.10 Å². The minimum absolute atomic E-state index is 0.0860. The van der Waals surface area contributed by atoms with Crippen LogP contribution in [0.3, 0.4) is 0 Å². The fourth-order valence-electron chi connectivity index (χ4n) is 3.67. The van der Waals surface area contributed by atoms with Crippen LogP contribution in [0, 0.1) is 5.92 Å². The van der Waals surface area contributed by atoms with Gasteiger partial charge in [0.2, 0.25) is 0 Å². The molecule has 3 aromatic rings. The number of fused-ring (bicyclic) bond motifs is 1. The number of nitrogens with zero attached hydrogens (tertiary/aromatic N) is 4. The minimum Gasteiger partial charge on any atom is -0.368 e. The average Bonchev–Trinajstić information content (AvgIpc) is 3.22. The van der Waals surface area contributed by atoms with Gasteiger partial charge in [-0.25, -0.2) is 4.98 Å². The van der Waals surface area contributed by atoms with E-state index in [0.29, 0.717) is 49.0 Å². The standard InChI is InChI=1S/C23H27N5O3/c1-15(2)11-24-22(29)18-10-20(26-19-7-5-4-6-17(18)19)21-14-28(8-9-31-21)23(30)16-12-25-27(3)13-16/h4-7,10,12-13,15,21H,8-9,11,14H2,1-3H3,(H,24,29)/t21-/m1/s1. The molecule has 1 saturated heterocycles. The van der Waals surface area contributed by atoms with Gasteiger partial charge in [0.25, 0.3) is 11.8 Å². The summed E-state index contributed by atoms with van der Waals surface area (Å²) in [4.78, 5) is 32.3. The Morgan fingerprint density at radius 2 is 2.10 bits per heavy atom. The van der Waals surface area contributed by atoms with Crippen molar-refractivity contribution in [3.63, 3.8) is 0 Å². The molecule has 8 heteroatoms. The van der Waals surface area contributed by atoms with E-state index in [0.717, 1.165) is 10.9 Å². The molecule has 31 heavy (non-hydrogen) atoms. The lowest BCUT2D eigenvalue weighted by molar-refractivity contribution is -0.0246. The number of carbonyl (C=O) groups is 2. The molecule has 0 radical (unpaired) electrons. The van der Waals surface area contributed by atoms with Crippen LogP contribution >= 0.6 is 0 Å². The monoisotopic (exact) mass is 421 g/mol. The van der Waals surface area contributed by atoms with Crippen molar-refractivity contribution in [2.75, 3.05) is 26.2 Å². The van der Waals surface area contributed by atoms with E-state index in [1.807, 2.05) is 24.3 Å². The quantitative estimate of drug-likeness (QED) is 0.684. The topological polar surface area (TPSA) is 89.4 Å². The maximum atomic E-state index is 12.9. The van der Waals surface area contributed by atoms with Gasteiger partial charge in [-0.2, -0.15) is 5.10 Å². The third-order valence-electron chi connectivity index (χ3n) is 5.29. The van der Waals surface area contributed by atoms with Gasteiger partial charge >= 0.3 is 0 Å². The summed E-state index contributed by atoms with van der Waals surface area (Å²) in [6.45, 7) is 5.98. The summed E-state index contributed by atoms with van der Waals surface area (Å²) in [5, 5.41) is 7.87. The summed E-state index contributed by atoms with van der Waals surface area (Å²) >= 11 is 0. The Balaban J connectivity index is 1.62. The summed E-state index contributed by atoms with van der Waals surface area (Å²) < 4.78 is 7.57. The number of ether oxygens (including phenoxy) is 1. The number of rotatable bonds is 5. The molecule has 1 aliphatic heterocycles. The number of aromatic nitrogens is 3. The van der Waals surface area contributed by atoms with Gasteiger partial charge in [-0.05, 0) is 18.1 Å². The van der Waals surface area contributed by atoms with Gasteiger partial charge < -0.3 is 15.0 Å². The van der Waals surface area contributed by atoms with Crippen LogP contribution in [0.25, 0.3) is 10.9 Å². The molecule has 0 saturated carbocycles. The molecule has 0 spiro atoms. The summed E-state index contributed by atoms with van der Waals surface area (Å²) in [5.41, 5.74) is 2.50. The van der Waals surface area contributed by atoms with E-state index in [4.69, 9.17) is 9.72 Å². The lowest BCUT2D eigenvalue weighted by Crippen LogP contribution is -2.42. The summed E-state index contributed by atoms with van der Waals surface area (Å²) in [6, 6.07) is 9.37. The second-order valence-electron chi connectivity index (χ2n) is 8.23. The van der Waals surface area contributed by atoms with Crippen LogP contribution in [0.4, 0.5) is 0 Å². The first kappa shape index (κ1) is 21.0. The predicted octanol–water partition coefficient (Wildman–Crippen LogP) is 2.57. The number of benzene rings is 1. The average molecular weight is 422 g/mol. The molecule has 4 rings (SSSR count). The van der Waals surface area contributed by atoms with Gasteiger partial charge in [0, 0.05) is 31.7 Å². The molecule has 3 heterocycles. The Labute approximate surface area is 181 Å². The maximum Gasteiger partial charge on any atom is 0.257 e. The van der Waals surface area contributed by atoms with Crippen molar-refractivity contribution in [2.24, 2.45) is 13.0 Å². The summed E-state index contributed by atoms with van der Waals surface area (Å²) in [6.07, 6.45) is 2.87. The molecule has 2 amide bonds. The highest BCUT2D eigenvalue weighted by Gasteiger charge is 2.28. The van der Waals surface area contributed by atoms with Crippen LogP contribution in [-0.2, 0) is 11.8 Å². The zero-order chi connectivity index (χ0) is 22.0. The molecular formula is C23H27N5O3. The van der Waals surface area contributed by atoms with Crippen molar-refractivity contribution in [2.45, 2.75) is 20.0 Å². The zero-order valence-corrected chi connectivity index (χ0v) is 18.0. The third kappa shape index (κ3) is 4.59. The number of morpholine rings is 1. The molecular weight excluding hydrogens is 394 g/mol. The van der Waals surface area contributed by atoms with Crippen LogP contribution in [-0.4, -0.2) is 57.7 Å². The lowest BCUT2D eigenvalue weighted by Gasteiger charge is -2.32. The number of hydrogen-bond donors (Lipinski definition) is 1. The third-order valence-corrected chi connectivity index (χ3v) is 5.29. The fourth-order valence-corrected chi connectivity index (χ4v) is 3.67. The van der Waals surface area contributed by atoms with Crippen LogP contribution in [0.2, 0.25) is 0 Å². The molecule has 162 valence electrons. The number of carbonyl (C=O) groups excluding carboxylic acids is 2. The first-order valence-electron chi connectivity index (χ1n) is 10.5. The van der Waals surface area contributed by atoms with E-state index in [1.54, 1.807) is 35.1 Å². The molecule has 1 fully saturated rings. The lowest BCUT2D eigenvalue weighted by atomic mass is 10.0. The van der Waals surface area contributed by atoms with Gasteiger partial charge in [-0.3, -0.25) is 14.3 Å². The van der Waals surface area contributed by atoms with Crippen LogP contribution in [0.15, 0.2) is 42.7 Å². The first-order chi connectivity index (χ1) is 14.9. The van der Waals surface area contributed by atoms with Crippen LogP contribution < -0.4 is 5.32 Å². The number of pyridine rings is 1. The Kier molecular flexibility index (Phi) is 5.99. The second-order valence-corrected chi connectivity index (χ2v) is 8.23. The highest BCUT2D eigenvalue weighted by atomic mass is 16.5. The highest BCUT2D eigenvalue weighted by Crippen LogP contribution is 2.26. The van der Waals surface area contributed by atoms with Gasteiger partial charge in [-0.15, -0.1) is 0 Å². The Bertz CT molecular complexity index is 1110. The molecule has 0 aliphatic carbocycles.